The molecule has 0 radical (unpaired) electrons. The summed E-state index contributed by atoms with van der Waals surface area (Å²) in [6, 6.07) is 0. The van der Waals surface area contributed by atoms with Crippen LogP contribution in [0.4, 0.5) is 4.79 Å². The van der Waals surface area contributed by atoms with Gasteiger partial charge in [0.05, 0.1) is 6.54 Å². The zero-order valence-corrected chi connectivity index (χ0v) is 12.9. The van der Waals surface area contributed by atoms with Crippen molar-refractivity contribution in [1.82, 2.24) is 5.32 Å². The summed E-state index contributed by atoms with van der Waals surface area (Å²) in [5.74, 6) is 0.0707. The van der Waals surface area contributed by atoms with E-state index in [0.29, 0.717) is 6.42 Å². The number of amides is 1. The lowest BCUT2D eigenvalue weighted by atomic mass is 10.1. The largest absolute Gasteiger partial charge is 0.444 e. The molecule has 0 aromatic carbocycles. The van der Waals surface area contributed by atoms with E-state index in [4.69, 9.17) is 4.74 Å². The lowest BCUT2D eigenvalue weighted by Gasteiger charge is -2.19. The molecule has 1 N–H and O–H groups in total. The Morgan fingerprint density at radius 2 is 1.58 bits per heavy atom. The van der Waals surface area contributed by atoms with Gasteiger partial charge in [-0.3, -0.25) is 4.79 Å². The first-order chi connectivity index (χ1) is 8.85. The Kier molecular flexibility index (Phi) is 9.27. The molecule has 1 amide bonds. The maximum atomic E-state index is 11.5. The molecule has 0 aromatic heterocycles. The Morgan fingerprint density at radius 3 is 2.16 bits per heavy atom. The van der Waals surface area contributed by atoms with Crippen molar-refractivity contribution in [1.29, 1.82) is 0 Å². The van der Waals surface area contributed by atoms with E-state index in [1.807, 2.05) is 0 Å². The zero-order valence-electron chi connectivity index (χ0n) is 12.9. The molecule has 0 saturated carbocycles. The van der Waals surface area contributed by atoms with Crippen LogP contribution in [0.5, 0.6) is 0 Å². The predicted molar refractivity (Wildman–Crippen MR) is 77.2 cm³/mol. The molecule has 0 aliphatic heterocycles. The predicted octanol–water partition coefficient (Wildman–Crippen LogP) is 3.83. The van der Waals surface area contributed by atoms with Crippen molar-refractivity contribution in [2.45, 2.75) is 78.2 Å². The van der Waals surface area contributed by atoms with Crippen LogP contribution >= 0.6 is 0 Å². The van der Waals surface area contributed by atoms with Gasteiger partial charge in [-0.15, -0.1) is 0 Å². The average Bonchev–Trinajstić information content (AvgIpc) is 2.29. The van der Waals surface area contributed by atoms with E-state index in [1.165, 1.54) is 25.7 Å². The number of Topliss-reactive ketones (excluding diaryl/α,β-unsaturated/α-hetero) is 1. The maximum absolute atomic E-state index is 11.5. The third kappa shape index (κ3) is 13.2. The van der Waals surface area contributed by atoms with Crippen LogP contribution in [-0.2, 0) is 9.53 Å². The first-order valence-corrected chi connectivity index (χ1v) is 7.33. The summed E-state index contributed by atoms with van der Waals surface area (Å²) in [6.45, 7) is 7.65. The van der Waals surface area contributed by atoms with Gasteiger partial charge in [-0.25, -0.2) is 4.79 Å². The second-order valence-electron chi connectivity index (χ2n) is 5.91. The SMILES string of the molecule is CCCCCCCCC(=O)CNC(=O)OC(C)(C)C. The highest BCUT2D eigenvalue weighted by Crippen LogP contribution is 2.08. The van der Waals surface area contributed by atoms with E-state index in [9.17, 15) is 9.59 Å². The van der Waals surface area contributed by atoms with Gasteiger partial charge in [0.25, 0.3) is 0 Å². The number of hydrogen-bond donors (Lipinski definition) is 1. The highest BCUT2D eigenvalue weighted by molar-refractivity contribution is 5.83. The van der Waals surface area contributed by atoms with Crippen LogP contribution in [0, 0.1) is 0 Å². The Balaban J connectivity index is 3.52. The van der Waals surface area contributed by atoms with Crippen LogP contribution < -0.4 is 5.32 Å². The molecule has 0 aliphatic rings. The van der Waals surface area contributed by atoms with E-state index in [-0.39, 0.29) is 12.3 Å². The Hall–Kier alpha value is -1.06. The number of ketones is 1. The number of rotatable bonds is 9. The number of carbonyl (C=O) groups is 2. The third-order valence-corrected chi connectivity index (χ3v) is 2.64. The molecule has 0 rings (SSSR count). The fourth-order valence-electron chi connectivity index (χ4n) is 1.68. The smallest absolute Gasteiger partial charge is 0.408 e. The van der Waals surface area contributed by atoms with Crippen molar-refractivity contribution in [3.8, 4) is 0 Å². The maximum Gasteiger partial charge on any atom is 0.408 e. The van der Waals surface area contributed by atoms with Gasteiger partial charge < -0.3 is 10.1 Å². The molecule has 0 aliphatic carbocycles. The molecular formula is C15H29NO3. The van der Waals surface area contributed by atoms with Crippen molar-refractivity contribution in [2.75, 3.05) is 6.54 Å². The highest BCUT2D eigenvalue weighted by Gasteiger charge is 2.16. The minimum absolute atomic E-state index is 0.0707. The summed E-state index contributed by atoms with van der Waals surface area (Å²) in [5.41, 5.74) is -0.521. The van der Waals surface area contributed by atoms with Crippen LogP contribution in [-0.4, -0.2) is 24.0 Å². The quantitative estimate of drug-likeness (QED) is 0.648. The van der Waals surface area contributed by atoms with Crippen LogP contribution in [0.15, 0.2) is 0 Å². The molecular weight excluding hydrogens is 242 g/mol. The second-order valence-corrected chi connectivity index (χ2v) is 5.91. The Labute approximate surface area is 117 Å². The monoisotopic (exact) mass is 271 g/mol. The minimum atomic E-state index is -0.524. The topological polar surface area (TPSA) is 55.4 Å². The number of nitrogens with one attached hydrogen (secondary N) is 1. The molecule has 0 fully saturated rings. The van der Waals surface area contributed by atoms with E-state index >= 15 is 0 Å². The number of alkyl carbamates (subject to hydrolysis) is 1. The van der Waals surface area contributed by atoms with Gasteiger partial charge in [0.15, 0.2) is 5.78 Å². The van der Waals surface area contributed by atoms with E-state index in [2.05, 4.69) is 12.2 Å². The summed E-state index contributed by atoms with van der Waals surface area (Å²) >= 11 is 0. The van der Waals surface area contributed by atoms with Gasteiger partial charge in [0.1, 0.15) is 5.60 Å². The molecule has 0 bridgehead atoms. The van der Waals surface area contributed by atoms with Crippen molar-refractivity contribution in [2.24, 2.45) is 0 Å². The first-order valence-electron chi connectivity index (χ1n) is 7.33. The van der Waals surface area contributed by atoms with Crippen LogP contribution in [0.25, 0.3) is 0 Å². The van der Waals surface area contributed by atoms with E-state index in [1.54, 1.807) is 20.8 Å². The van der Waals surface area contributed by atoms with Gasteiger partial charge in [0, 0.05) is 6.42 Å². The number of carbonyl (C=O) groups excluding carboxylic acids is 2. The van der Waals surface area contributed by atoms with Crippen LogP contribution in [0.3, 0.4) is 0 Å². The first kappa shape index (κ1) is 17.9. The second kappa shape index (κ2) is 9.82. The van der Waals surface area contributed by atoms with Gasteiger partial charge in [-0.2, -0.15) is 0 Å². The summed E-state index contributed by atoms with van der Waals surface area (Å²) in [4.78, 5) is 22.9. The summed E-state index contributed by atoms with van der Waals surface area (Å²) in [7, 11) is 0. The molecule has 0 aromatic rings. The third-order valence-electron chi connectivity index (χ3n) is 2.64. The number of unbranched alkanes of at least 4 members (excludes halogenated alkanes) is 5. The number of ether oxygens (including phenoxy) is 1. The lowest BCUT2D eigenvalue weighted by Crippen LogP contribution is -2.35. The molecule has 112 valence electrons. The van der Waals surface area contributed by atoms with Crippen LogP contribution in [0.2, 0.25) is 0 Å². The van der Waals surface area contributed by atoms with E-state index in [0.717, 1.165) is 12.8 Å². The molecule has 4 heteroatoms. The molecule has 0 unspecified atom stereocenters. The fraction of sp³-hybridized carbons (Fsp3) is 0.867. The van der Waals surface area contributed by atoms with Gasteiger partial charge >= 0.3 is 6.09 Å². The molecule has 0 spiro atoms. The van der Waals surface area contributed by atoms with Gasteiger partial charge in [-0.1, -0.05) is 39.0 Å². The van der Waals surface area contributed by atoms with Crippen molar-refractivity contribution >= 4 is 11.9 Å². The molecule has 4 nitrogen and oxygen atoms in total. The lowest BCUT2D eigenvalue weighted by molar-refractivity contribution is -0.118. The van der Waals surface area contributed by atoms with Crippen molar-refractivity contribution in [3.05, 3.63) is 0 Å². The van der Waals surface area contributed by atoms with Gasteiger partial charge in [0.2, 0.25) is 0 Å². The van der Waals surface area contributed by atoms with Crippen molar-refractivity contribution in [3.63, 3.8) is 0 Å². The fourth-order valence-corrected chi connectivity index (χ4v) is 1.68. The van der Waals surface area contributed by atoms with Crippen molar-refractivity contribution < 1.29 is 14.3 Å². The minimum Gasteiger partial charge on any atom is -0.444 e. The molecule has 19 heavy (non-hydrogen) atoms. The van der Waals surface area contributed by atoms with Gasteiger partial charge in [-0.05, 0) is 27.2 Å². The average molecular weight is 271 g/mol. The normalized spacial score (nSPS) is 11.2. The zero-order chi connectivity index (χ0) is 14.7. The highest BCUT2D eigenvalue weighted by atomic mass is 16.6. The van der Waals surface area contributed by atoms with E-state index < -0.39 is 11.7 Å². The number of hydrogen-bond acceptors (Lipinski definition) is 3. The molecule has 0 heterocycles. The standard InChI is InChI=1S/C15H29NO3/c1-5-6-7-8-9-10-11-13(17)12-16-14(18)19-15(2,3)4/h5-12H2,1-4H3,(H,16,18). The molecule has 0 atom stereocenters. The Bertz CT molecular complexity index is 269. The Morgan fingerprint density at radius 1 is 1.00 bits per heavy atom. The van der Waals surface area contributed by atoms with Crippen LogP contribution in [0.1, 0.15) is 72.6 Å². The summed E-state index contributed by atoms with van der Waals surface area (Å²) in [6.07, 6.45) is 6.98. The summed E-state index contributed by atoms with van der Waals surface area (Å²) in [5, 5.41) is 2.49. The molecule has 0 saturated heterocycles. The summed E-state index contributed by atoms with van der Waals surface area (Å²) < 4.78 is 5.06.